The van der Waals surface area contributed by atoms with Gasteiger partial charge in [-0.25, -0.2) is 8.42 Å². The van der Waals surface area contributed by atoms with Crippen molar-refractivity contribution >= 4 is 23.6 Å². The summed E-state index contributed by atoms with van der Waals surface area (Å²) in [5.74, 6) is -0.573. The predicted octanol–water partition coefficient (Wildman–Crippen LogP) is 0.0767. The molecule has 0 bridgehead atoms. The van der Waals surface area contributed by atoms with E-state index in [4.69, 9.17) is 0 Å². The van der Waals surface area contributed by atoms with Gasteiger partial charge in [0.05, 0.1) is 4.90 Å². The van der Waals surface area contributed by atoms with Gasteiger partial charge in [-0.1, -0.05) is 17.7 Å². The van der Waals surface area contributed by atoms with E-state index in [9.17, 15) is 13.2 Å². The summed E-state index contributed by atoms with van der Waals surface area (Å²) in [6, 6.07) is 6.40. The van der Waals surface area contributed by atoms with E-state index in [1.54, 1.807) is 12.1 Å². The number of benzene rings is 1. The molecule has 7 heteroatoms. The summed E-state index contributed by atoms with van der Waals surface area (Å²) in [6.07, 6.45) is 0. The number of carbonyl (C=O) groups excluding carboxylic acids is 1. The number of rotatable bonds is 2. The van der Waals surface area contributed by atoms with Gasteiger partial charge in [-0.2, -0.15) is 4.22 Å². The number of nitrogens with zero attached hydrogens (tertiary/aromatic N) is 1. The van der Waals surface area contributed by atoms with Gasteiger partial charge in [0.2, 0.25) is 10.0 Å². The second kappa shape index (κ2) is 3.91. The molecule has 2 rings (SSSR count). The Balaban J connectivity index is 2.32. The Morgan fingerprint density at radius 3 is 2.44 bits per heavy atom. The molecule has 0 saturated carbocycles. The number of hydrogen-bond acceptors (Lipinski definition) is 4. The van der Waals surface area contributed by atoms with Crippen molar-refractivity contribution in [3.63, 3.8) is 0 Å². The lowest BCUT2D eigenvalue weighted by Crippen LogP contribution is -2.30. The molecular formula is C9H9BNO4S. The molecule has 0 amide bonds. The highest BCUT2D eigenvalue weighted by atomic mass is 32.2. The van der Waals surface area contributed by atoms with E-state index in [1.165, 1.54) is 12.1 Å². The zero-order valence-electron chi connectivity index (χ0n) is 8.58. The highest BCUT2D eigenvalue weighted by Crippen LogP contribution is 2.17. The van der Waals surface area contributed by atoms with Gasteiger partial charge in [-0.15, -0.1) is 0 Å². The molecule has 0 atom stereocenters. The molecule has 1 aliphatic rings. The highest BCUT2D eigenvalue weighted by molar-refractivity contribution is 7.90. The van der Waals surface area contributed by atoms with Crippen LogP contribution in [-0.4, -0.2) is 32.8 Å². The minimum Gasteiger partial charge on any atom is -0.520 e. The molecule has 0 spiro atoms. The van der Waals surface area contributed by atoms with E-state index in [2.05, 4.69) is 4.65 Å². The van der Waals surface area contributed by atoms with Gasteiger partial charge in [-0.3, -0.25) is 4.79 Å². The number of carbonyl (C=O) groups is 1. The molecule has 1 aromatic rings. The van der Waals surface area contributed by atoms with E-state index in [1.807, 2.05) is 6.92 Å². The van der Waals surface area contributed by atoms with Gasteiger partial charge >= 0.3 is 13.6 Å². The lowest BCUT2D eigenvalue weighted by Gasteiger charge is -2.11. The summed E-state index contributed by atoms with van der Waals surface area (Å²) in [6.45, 7) is 1.60. The molecule has 1 aliphatic heterocycles. The third-order valence-corrected chi connectivity index (χ3v) is 3.91. The zero-order chi connectivity index (χ0) is 11.8. The van der Waals surface area contributed by atoms with Crippen LogP contribution in [0.4, 0.5) is 0 Å². The smallest absolute Gasteiger partial charge is 0.498 e. The van der Waals surface area contributed by atoms with Crippen LogP contribution in [-0.2, 0) is 19.5 Å². The van der Waals surface area contributed by atoms with Crippen molar-refractivity contribution in [1.29, 1.82) is 0 Å². The van der Waals surface area contributed by atoms with E-state index in [0.29, 0.717) is 0 Å². The molecule has 16 heavy (non-hydrogen) atoms. The number of sulfonamides is 1. The average molecular weight is 238 g/mol. The molecule has 0 aromatic heterocycles. The average Bonchev–Trinajstić information content (AvgIpc) is 2.66. The lowest BCUT2D eigenvalue weighted by molar-refractivity contribution is -0.131. The second-order valence-corrected chi connectivity index (χ2v) is 5.35. The number of aryl methyl sites for hydroxylation is 1. The third kappa shape index (κ3) is 1.96. The molecule has 1 fully saturated rings. The van der Waals surface area contributed by atoms with Crippen LogP contribution in [0, 0.1) is 6.92 Å². The van der Waals surface area contributed by atoms with E-state index in [-0.39, 0.29) is 11.4 Å². The summed E-state index contributed by atoms with van der Waals surface area (Å²) in [5, 5.41) is 0. The Morgan fingerprint density at radius 2 is 1.94 bits per heavy atom. The molecule has 0 unspecified atom stereocenters. The lowest BCUT2D eigenvalue weighted by atomic mass is 10.2. The fraction of sp³-hybridized carbons (Fsp3) is 0.222. The first-order chi connectivity index (χ1) is 7.50. The molecule has 83 valence electrons. The third-order valence-electron chi connectivity index (χ3n) is 2.21. The maximum atomic E-state index is 12.0. The summed E-state index contributed by atoms with van der Waals surface area (Å²) < 4.78 is 29.3. The van der Waals surface area contributed by atoms with Gasteiger partial charge < -0.3 is 4.65 Å². The van der Waals surface area contributed by atoms with Crippen LogP contribution >= 0.6 is 0 Å². The topological polar surface area (TPSA) is 63.7 Å². The molecule has 1 saturated heterocycles. The van der Waals surface area contributed by atoms with Crippen LogP contribution in [0.5, 0.6) is 0 Å². The van der Waals surface area contributed by atoms with E-state index < -0.39 is 16.0 Å². The molecule has 0 N–H and O–H groups in total. The summed E-state index contributed by atoms with van der Waals surface area (Å²) in [5.41, 5.74) is 0.969. The zero-order valence-corrected chi connectivity index (χ0v) is 9.40. The van der Waals surface area contributed by atoms with Gasteiger partial charge in [-0.05, 0) is 19.1 Å². The van der Waals surface area contributed by atoms with Crippen LogP contribution in [0.1, 0.15) is 5.56 Å². The van der Waals surface area contributed by atoms with E-state index in [0.717, 1.165) is 17.4 Å². The Labute approximate surface area is 94.4 Å². The van der Waals surface area contributed by atoms with Gasteiger partial charge in [0, 0.05) is 0 Å². The predicted molar refractivity (Wildman–Crippen MR) is 56.9 cm³/mol. The minimum absolute atomic E-state index is 0.146. The molecule has 5 nitrogen and oxygen atoms in total. The molecular weight excluding hydrogens is 229 g/mol. The van der Waals surface area contributed by atoms with Crippen molar-refractivity contribution in [3.05, 3.63) is 29.8 Å². The van der Waals surface area contributed by atoms with Crippen molar-refractivity contribution < 1.29 is 17.9 Å². The summed E-state index contributed by atoms with van der Waals surface area (Å²) >= 11 is 0. The van der Waals surface area contributed by atoms with Crippen molar-refractivity contribution in [2.45, 2.75) is 11.8 Å². The summed E-state index contributed by atoms with van der Waals surface area (Å²) in [4.78, 5) is 11.0. The van der Waals surface area contributed by atoms with Crippen LogP contribution in [0.3, 0.4) is 0 Å². The molecule has 1 aromatic carbocycles. The second-order valence-electron chi connectivity index (χ2n) is 3.46. The monoisotopic (exact) mass is 238 g/mol. The molecule has 0 aliphatic carbocycles. The van der Waals surface area contributed by atoms with Crippen LogP contribution in [0.15, 0.2) is 29.2 Å². The first-order valence-electron chi connectivity index (χ1n) is 4.61. The largest absolute Gasteiger partial charge is 0.520 e. The Kier molecular flexibility index (Phi) is 2.73. The standard InChI is InChI=1S/C9H9BNO4S/c1-7-2-4-8(5-3-7)16(13,14)11-6-9(12)15-10-11/h2-5H,6H2,1H3. The normalized spacial score (nSPS) is 16.9. The Bertz CT molecular complexity index is 511. The van der Waals surface area contributed by atoms with Crippen molar-refractivity contribution in [3.8, 4) is 0 Å². The fourth-order valence-electron chi connectivity index (χ4n) is 1.31. The summed E-state index contributed by atoms with van der Waals surface area (Å²) in [7, 11) is -2.73. The van der Waals surface area contributed by atoms with Gasteiger partial charge in [0.1, 0.15) is 6.54 Å². The SMILES string of the molecule is Cc1ccc(S(=O)(=O)N2[B]OC(=O)C2)cc1. The fourth-order valence-corrected chi connectivity index (χ4v) is 2.49. The maximum Gasteiger partial charge on any atom is 0.498 e. The minimum atomic E-state index is -3.66. The quantitative estimate of drug-likeness (QED) is 0.684. The highest BCUT2D eigenvalue weighted by Gasteiger charge is 2.35. The first kappa shape index (κ1) is 11.2. The van der Waals surface area contributed by atoms with Gasteiger partial charge in [0.15, 0.2) is 0 Å². The van der Waals surface area contributed by atoms with Crippen LogP contribution < -0.4 is 0 Å². The van der Waals surface area contributed by atoms with Crippen molar-refractivity contribution in [2.24, 2.45) is 0 Å². The van der Waals surface area contributed by atoms with E-state index >= 15 is 0 Å². The first-order valence-corrected chi connectivity index (χ1v) is 6.05. The Morgan fingerprint density at radius 1 is 1.31 bits per heavy atom. The molecule has 1 radical (unpaired) electrons. The van der Waals surface area contributed by atoms with Crippen molar-refractivity contribution in [1.82, 2.24) is 4.22 Å². The van der Waals surface area contributed by atoms with Crippen molar-refractivity contribution in [2.75, 3.05) is 6.54 Å². The van der Waals surface area contributed by atoms with Crippen LogP contribution in [0.2, 0.25) is 0 Å². The van der Waals surface area contributed by atoms with Crippen LogP contribution in [0.25, 0.3) is 0 Å². The Hall–Kier alpha value is -1.34. The maximum absolute atomic E-state index is 12.0. The molecule has 1 heterocycles. The number of hydrogen-bond donors (Lipinski definition) is 0. The van der Waals surface area contributed by atoms with Gasteiger partial charge in [0.25, 0.3) is 0 Å².